The fourth-order valence-electron chi connectivity index (χ4n) is 3.85. The lowest BCUT2D eigenvalue weighted by Gasteiger charge is -2.35. The van der Waals surface area contributed by atoms with Gasteiger partial charge in [0.2, 0.25) is 15.9 Å². The molecule has 1 aliphatic rings. The number of sulfonamides is 1. The fourth-order valence-corrected chi connectivity index (χ4v) is 5.19. The second-order valence-electron chi connectivity index (χ2n) is 8.20. The van der Waals surface area contributed by atoms with Gasteiger partial charge in [-0.25, -0.2) is 18.1 Å². The van der Waals surface area contributed by atoms with Crippen LogP contribution in [0.2, 0.25) is 0 Å². The zero-order valence-corrected chi connectivity index (χ0v) is 20.5. The molecule has 0 aliphatic carbocycles. The third-order valence-corrected chi connectivity index (χ3v) is 7.59. The highest BCUT2D eigenvalue weighted by Gasteiger charge is 2.23. The molecule has 0 spiro atoms. The third kappa shape index (κ3) is 6.68. The van der Waals surface area contributed by atoms with Gasteiger partial charge in [-0.05, 0) is 49.1 Å². The molecule has 0 atom stereocenters. The second kappa shape index (κ2) is 11.5. The molecule has 1 aliphatic heterocycles. The highest BCUT2D eigenvalue weighted by atomic mass is 32.2. The predicted octanol–water partition coefficient (Wildman–Crippen LogP) is 2.84. The van der Waals surface area contributed by atoms with E-state index in [0.717, 1.165) is 30.0 Å². The maximum Gasteiger partial charge on any atom is 0.242 e. The maximum absolute atomic E-state index is 12.6. The number of aromatic nitrogens is 1. The molecule has 180 valence electrons. The predicted molar refractivity (Wildman–Crippen MR) is 129 cm³/mol. The lowest BCUT2D eigenvalue weighted by atomic mass is 10.1. The molecular weight excluding hydrogens is 440 g/mol. The lowest BCUT2D eigenvalue weighted by molar-refractivity contribution is -0.131. The number of rotatable bonds is 10. The highest BCUT2D eigenvalue weighted by molar-refractivity contribution is 7.89. The molecule has 0 radical (unpaired) electrons. The van der Waals surface area contributed by atoms with E-state index in [0.29, 0.717) is 39.0 Å². The van der Waals surface area contributed by atoms with E-state index in [2.05, 4.69) is 14.6 Å². The van der Waals surface area contributed by atoms with Gasteiger partial charge in [0.25, 0.3) is 0 Å². The molecule has 0 unspecified atom stereocenters. The number of carbonyl (C=O) groups is 1. The third-order valence-electron chi connectivity index (χ3n) is 6.08. The summed E-state index contributed by atoms with van der Waals surface area (Å²) in [6, 6.07) is 11.0. The fraction of sp³-hybridized carbons (Fsp3) is 0.500. The number of carbonyl (C=O) groups excluding carboxylic acids is 1. The molecule has 33 heavy (non-hydrogen) atoms. The summed E-state index contributed by atoms with van der Waals surface area (Å²) in [6.07, 6.45) is 4.06. The first-order chi connectivity index (χ1) is 15.9. The Hall–Kier alpha value is -2.65. The molecule has 3 rings (SSSR count). The Labute approximate surface area is 197 Å². The number of anilines is 1. The molecule has 1 fully saturated rings. The van der Waals surface area contributed by atoms with Crippen molar-refractivity contribution in [1.82, 2.24) is 14.6 Å². The van der Waals surface area contributed by atoms with E-state index >= 15 is 0 Å². The van der Waals surface area contributed by atoms with Crippen LogP contribution in [-0.4, -0.2) is 63.5 Å². The van der Waals surface area contributed by atoms with Crippen molar-refractivity contribution in [2.24, 2.45) is 0 Å². The summed E-state index contributed by atoms with van der Waals surface area (Å²) < 4.78 is 33.0. The van der Waals surface area contributed by atoms with E-state index in [1.165, 1.54) is 6.20 Å². The molecule has 1 N–H and O–H groups in total. The van der Waals surface area contributed by atoms with Gasteiger partial charge >= 0.3 is 0 Å². The number of amides is 1. The van der Waals surface area contributed by atoms with Crippen LogP contribution in [0.4, 0.5) is 5.82 Å². The maximum atomic E-state index is 12.6. The van der Waals surface area contributed by atoms with Crippen LogP contribution in [-0.2, 0) is 21.2 Å². The standard InChI is InChI=1S/C24H34N4O4S/c1-4-20(5-2)26-33(30,31)22-11-12-23(25-18-22)27-14-16-28(17-15-27)24(29)13-8-19-6-9-21(32-3)10-7-19/h6-7,9-12,18,20,26H,4-5,8,13-17H2,1-3H3. The van der Waals surface area contributed by atoms with Gasteiger partial charge < -0.3 is 14.5 Å². The van der Waals surface area contributed by atoms with Crippen LogP contribution in [0.5, 0.6) is 5.75 Å². The quantitative estimate of drug-likeness (QED) is 0.569. The van der Waals surface area contributed by atoms with Crippen molar-refractivity contribution in [3.8, 4) is 5.75 Å². The van der Waals surface area contributed by atoms with Gasteiger partial charge in [-0.15, -0.1) is 0 Å². The zero-order chi connectivity index (χ0) is 23.8. The largest absolute Gasteiger partial charge is 0.497 e. The molecule has 1 amide bonds. The number of methoxy groups -OCH3 is 1. The van der Waals surface area contributed by atoms with Gasteiger partial charge in [-0.3, -0.25) is 4.79 Å². The SMILES string of the molecule is CCC(CC)NS(=O)(=O)c1ccc(N2CCN(C(=O)CCc3ccc(OC)cc3)CC2)nc1. The summed E-state index contributed by atoms with van der Waals surface area (Å²) in [4.78, 5) is 21.1. The van der Waals surface area contributed by atoms with E-state index in [1.54, 1.807) is 19.2 Å². The Bertz CT molecular complexity index is 998. The average molecular weight is 475 g/mol. The number of benzene rings is 1. The van der Waals surface area contributed by atoms with Gasteiger partial charge in [0.15, 0.2) is 0 Å². The second-order valence-corrected chi connectivity index (χ2v) is 9.92. The van der Waals surface area contributed by atoms with Crippen molar-refractivity contribution in [3.05, 3.63) is 48.2 Å². The van der Waals surface area contributed by atoms with Crippen molar-refractivity contribution in [1.29, 1.82) is 0 Å². The molecule has 1 saturated heterocycles. The zero-order valence-electron chi connectivity index (χ0n) is 19.7. The van der Waals surface area contributed by atoms with Gasteiger partial charge in [-0.1, -0.05) is 26.0 Å². The van der Waals surface area contributed by atoms with Crippen LogP contribution >= 0.6 is 0 Å². The summed E-state index contributed by atoms with van der Waals surface area (Å²) in [5, 5.41) is 0. The molecule has 1 aromatic carbocycles. The van der Waals surface area contributed by atoms with Crippen molar-refractivity contribution in [2.75, 3.05) is 38.2 Å². The molecule has 0 bridgehead atoms. The molecule has 2 aromatic rings. The lowest BCUT2D eigenvalue weighted by Crippen LogP contribution is -2.49. The Morgan fingerprint density at radius 2 is 1.73 bits per heavy atom. The van der Waals surface area contributed by atoms with Crippen LogP contribution < -0.4 is 14.4 Å². The van der Waals surface area contributed by atoms with Crippen molar-refractivity contribution in [3.63, 3.8) is 0 Å². The Morgan fingerprint density at radius 3 is 2.27 bits per heavy atom. The van der Waals surface area contributed by atoms with Crippen LogP contribution in [0.3, 0.4) is 0 Å². The number of hydrogen-bond acceptors (Lipinski definition) is 6. The first-order valence-electron chi connectivity index (χ1n) is 11.5. The summed E-state index contributed by atoms with van der Waals surface area (Å²) in [7, 11) is -1.94. The number of hydrogen-bond donors (Lipinski definition) is 1. The Morgan fingerprint density at radius 1 is 1.06 bits per heavy atom. The molecule has 8 nitrogen and oxygen atoms in total. The number of aryl methyl sites for hydroxylation is 1. The van der Waals surface area contributed by atoms with E-state index in [1.807, 2.05) is 43.0 Å². The molecule has 0 saturated carbocycles. The van der Waals surface area contributed by atoms with Gasteiger partial charge in [0.05, 0.1) is 7.11 Å². The first-order valence-corrected chi connectivity index (χ1v) is 13.0. The normalized spacial score (nSPS) is 14.5. The van der Waals surface area contributed by atoms with E-state index in [-0.39, 0.29) is 16.8 Å². The van der Waals surface area contributed by atoms with Crippen LogP contribution in [0.25, 0.3) is 0 Å². The van der Waals surface area contributed by atoms with E-state index < -0.39 is 10.0 Å². The first kappa shape index (κ1) is 25.0. The van der Waals surface area contributed by atoms with Crippen LogP contribution in [0.1, 0.15) is 38.7 Å². The molecule has 2 heterocycles. The van der Waals surface area contributed by atoms with Crippen molar-refractivity contribution < 1.29 is 17.9 Å². The number of piperazine rings is 1. The Balaban J connectivity index is 1.50. The number of ether oxygens (including phenoxy) is 1. The molecule has 1 aromatic heterocycles. The van der Waals surface area contributed by atoms with E-state index in [4.69, 9.17) is 4.74 Å². The monoisotopic (exact) mass is 474 g/mol. The minimum atomic E-state index is -3.58. The smallest absolute Gasteiger partial charge is 0.242 e. The molecule has 9 heteroatoms. The van der Waals surface area contributed by atoms with Crippen molar-refractivity contribution >= 4 is 21.7 Å². The minimum absolute atomic E-state index is 0.0787. The van der Waals surface area contributed by atoms with Gasteiger partial charge in [0, 0.05) is 44.8 Å². The number of nitrogens with one attached hydrogen (secondary N) is 1. The van der Waals surface area contributed by atoms with Crippen LogP contribution in [0, 0.1) is 0 Å². The summed E-state index contributed by atoms with van der Waals surface area (Å²) >= 11 is 0. The summed E-state index contributed by atoms with van der Waals surface area (Å²) in [5.41, 5.74) is 1.11. The van der Waals surface area contributed by atoms with Crippen LogP contribution in [0.15, 0.2) is 47.5 Å². The minimum Gasteiger partial charge on any atom is -0.497 e. The Kier molecular flexibility index (Phi) is 8.68. The highest BCUT2D eigenvalue weighted by Crippen LogP contribution is 2.18. The van der Waals surface area contributed by atoms with E-state index in [9.17, 15) is 13.2 Å². The average Bonchev–Trinajstić information content (AvgIpc) is 2.86. The number of pyridine rings is 1. The van der Waals surface area contributed by atoms with Gasteiger partial charge in [-0.2, -0.15) is 0 Å². The molecular formula is C24H34N4O4S. The van der Waals surface area contributed by atoms with Gasteiger partial charge in [0.1, 0.15) is 16.5 Å². The number of nitrogens with zero attached hydrogens (tertiary/aromatic N) is 3. The topological polar surface area (TPSA) is 91.8 Å². The van der Waals surface area contributed by atoms with Crippen molar-refractivity contribution in [2.45, 2.75) is 50.5 Å². The summed E-state index contributed by atoms with van der Waals surface area (Å²) in [5.74, 6) is 1.68. The summed E-state index contributed by atoms with van der Waals surface area (Å²) in [6.45, 7) is 6.50.